The summed E-state index contributed by atoms with van der Waals surface area (Å²) in [6.07, 6.45) is 2.97. The van der Waals surface area contributed by atoms with Gasteiger partial charge < -0.3 is 19.9 Å². The summed E-state index contributed by atoms with van der Waals surface area (Å²) in [7, 11) is 0. The molecule has 1 saturated heterocycles. The molecule has 0 bridgehead atoms. The van der Waals surface area contributed by atoms with Crippen LogP contribution in [0.5, 0.6) is 0 Å². The molecule has 2 aromatic rings. The van der Waals surface area contributed by atoms with Crippen LogP contribution in [0.15, 0.2) is 24.5 Å². The van der Waals surface area contributed by atoms with Crippen LogP contribution in [-0.4, -0.2) is 51.4 Å². The number of imidazole rings is 1. The second-order valence-electron chi connectivity index (χ2n) is 5.67. The standard InChI is InChI=1S/C16H19N5O3/c1-10-8-18-15(19-10)13-9-21(5-6-24-13)16(23)12-3-4-17-14(7-12)20-11(2)22/h3-4,7-8,13H,5-6,9H2,1-2H3,(H,18,19)(H,17,20,22). The van der Waals surface area contributed by atoms with Crippen LogP contribution in [0.2, 0.25) is 0 Å². The average Bonchev–Trinajstić information content (AvgIpc) is 3.00. The van der Waals surface area contributed by atoms with Gasteiger partial charge in [-0.3, -0.25) is 9.59 Å². The molecule has 0 aromatic carbocycles. The molecule has 8 nitrogen and oxygen atoms in total. The van der Waals surface area contributed by atoms with Crippen LogP contribution in [-0.2, 0) is 9.53 Å². The molecular formula is C16H19N5O3. The van der Waals surface area contributed by atoms with Crippen molar-refractivity contribution in [3.63, 3.8) is 0 Å². The van der Waals surface area contributed by atoms with Crippen molar-refractivity contribution < 1.29 is 14.3 Å². The third-order valence-corrected chi connectivity index (χ3v) is 3.69. The van der Waals surface area contributed by atoms with E-state index in [2.05, 4.69) is 20.3 Å². The number of carbonyl (C=O) groups is 2. The highest BCUT2D eigenvalue weighted by Crippen LogP contribution is 2.21. The van der Waals surface area contributed by atoms with Crippen LogP contribution in [0.4, 0.5) is 5.82 Å². The minimum absolute atomic E-state index is 0.124. The van der Waals surface area contributed by atoms with E-state index in [9.17, 15) is 9.59 Å². The van der Waals surface area contributed by atoms with Crippen LogP contribution < -0.4 is 5.32 Å². The van der Waals surface area contributed by atoms with Crippen LogP contribution >= 0.6 is 0 Å². The van der Waals surface area contributed by atoms with E-state index in [0.29, 0.717) is 31.1 Å². The molecule has 2 aromatic heterocycles. The number of aryl methyl sites for hydroxylation is 1. The second-order valence-corrected chi connectivity index (χ2v) is 5.67. The molecule has 1 aliphatic rings. The number of pyridine rings is 1. The zero-order valence-electron chi connectivity index (χ0n) is 13.6. The number of aromatic amines is 1. The minimum Gasteiger partial charge on any atom is -0.367 e. The van der Waals surface area contributed by atoms with E-state index in [0.717, 1.165) is 11.5 Å². The van der Waals surface area contributed by atoms with Crippen molar-refractivity contribution in [2.75, 3.05) is 25.0 Å². The van der Waals surface area contributed by atoms with E-state index >= 15 is 0 Å². The van der Waals surface area contributed by atoms with Crippen LogP contribution in [0.3, 0.4) is 0 Å². The lowest BCUT2D eigenvalue weighted by Crippen LogP contribution is -2.42. The Balaban J connectivity index is 1.73. The quantitative estimate of drug-likeness (QED) is 0.883. The summed E-state index contributed by atoms with van der Waals surface area (Å²) in [5.74, 6) is 0.728. The van der Waals surface area contributed by atoms with E-state index < -0.39 is 0 Å². The number of aromatic nitrogens is 3. The van der Waals surface area contributed by atoms with Gasteiger partial charge in [0.15, 0.2) is 0 Å². The van der Waals surface area contributed by atoms with Crippen molar-refractivity contribution in [2.24, 2.45) is 0 Å². The van der Waals surface area contributed by atoms with Gasteiger partial charge >= 0.3 is 0 Å². The SMILES string of the molecule is CC(=O)Nc1cc(C(=O)N2CCOC(c3ncc(C)[nH]3)C2)ccn1. The molecule has 1 atom stereocenters. The Hall–Kier alpha value is -2.74. The Morgan fingerprint density at radius 2 is 2.25 bits per heavy atom. The number of carbonyl (C=O) groups excluding carboxylic acids is 2. The van der Waals surface area contributed by atoms with Crippen molar-refractivity contribution in [1.29, 1.82) is 0 Å². The lowest BCUT2D eigenvalue weighted by Gasteiger charge is -2.32. The Morgan fingerprint density at radius 3 is 2.96 bits per heavy atom. The second kappa shape index (κ2) is 6.79. The van der Waals surface area contributed by atoms with Gasteiger partial charge in [0.2, 0.25) is 5.91 Å². The topological polar surface area (TPSA) is 100 Å². The Bertz CT molecular complexity index is 758. The molecule has 0 radical (unpaired) electrons. The fourth-order valence-electron chi connectivity index (χ4n) is 2.59. The van der Waals surface area contributed by atoms with E-state index in [4.69, 9.17) is 4.74 Å². The van der Waals surface area contributed by atoms with Gasteiger partial charge in [-0.1, -0.05) is 0 Å². The van der Waals surface area contributed by atoms with Crippen molar-refractivity contribution in [2.45, 2.75) is 20.0 Å². The van der Waals surface area contributed by atoms with Gasteiger partial charge in [-0.25, -0.2) is 9.97 Å². The molecule has 3 heterocycles. The highest BCUT2D eigenvalue weighted by atomic mass is 16.5. The van der Waals surface area contributed by atoms with Gasteiger partial charge in [0.05, 0.1) is 13.2 Å². The fraction of sp³-hybridized carbons (Fsp3) is 0.375. The Morgan fingerprint density at radius 1 is 1.42 bits per heavy atom. The van der Waals surface area contributed by atoms with Gasteiger partial charge in [0, 0.05) is 37.1 Å². The normalized spacial score (nSPS) is 17.6. The van der Waals surface area contributed by atoms with E-state index in [-0.39, 0.29) is 17.9 Å². The van der Waals surface area contributed by atoms with Crippen molar-refractivity contribution in [3.05, 3.63) is 41.6 Å². The minimum atomic E-state index is -0.270. The highest BCUT2D eigenvalue weighted by Gasteiger charge is 2.28. The van der Waals surface area contributed by atoms with Crippen LogP contribution in [0.1, 0.15) is 34.9 Å². The molecule has 3 rings (SSSR count). The Labute approximate surface area is 139 Å². The zero-order chi connectivity index (χ0) is 17.1. The predicted octanol–water partition coefficient (Wildman–Crippen LogP) is 1.29. The molecule has 2 amide bonds. The van der Waals surface area contributed by atoms with Crippen LogP contribution in [0, 0.1) is 6.92 Å². The molecule has 0 spiro atoms. The zero-order valence-corrected chi connectivity index (χ0v) is 13.6. The van der Waals surface area contributed by atoms with Crippen molar-refractivity contribution in [3.8, 4) is 0 Å². The summed E-state index contributed by atoms with van der Waals surface area (Å²) in [4.78, 5) is 37.0. The van der Waals surface area contributed by atoms with Gasteiger partial charge in [0.1, 0.15) is 17.7 Å². The number of hydrogen-bond acceptors (Lipinski definition) is 5. The lowest BCUT2D eigenvalue weighted by molar-refractivity contribution is -0.114. The van der Waals surface area contributed by atoms with Crippen LogP contribution in [0.25, 0.3) is 0 Å². The number of amides is 2. The maximum absolute atomic E-state index is 12.7. The number of nitrogens with one attached hydrogen (secondary N) is 2. The molecule has 1 unspecified atom stereocenters. The number of ether oxygens (including phenoxy) is 1. The Kier molecular flexibility index (Phi) is 4.57. The number of H-pyrrole nitrogens is 1. The van der Waals surface area contributed by atoms with E-state index in [1.807, 2.05) is 6.92 Å². The smallest absolute Gasteiger partial charge is 0.254 e. The molecule has 0 aliphatic carbocycles. The maximum atomic E-state index is 12.7. The third-order valence-electron chi connectivity index (χ3n) is 3.69. The summed E-state index contributed by atoms with van der Waals surface area (Å²) < 4.78 is 5.71. The molecule has 24 heavy (non-hydrogen) atoms. The molecular weight excluding hydrogens is 310 g/mol. The first-order valence-corrected chi connectivity index (χ1v) is 7.69. The first-order valence-electron chi connectivity index (χ1n) is 7.69. The number of rotatable bonds is 3. The molecule has 1 aliphatic heterocycles. The third kappa shape index (κ3) is 3.60. The number of nitrogens with zero attached hydrogens (tertiary/aromatic N) is 3. The first kappa shape index (κ1) is 16.1. The number of morpholine rings is 1. The van der Waals surface area contributed by atoms with Gasteiger partial charge in [-0.2, -0.15) is 0 Å². The van der Waals surface area contributed by atoms with Gasteiger partial charge in [-0.05, 0) is 19.1 Å². The monoisotopic (exact) mass is 329 g/mol. The van der Waals surface area contributed by atoms with E-state index in [1.54, 1.807) is 23.2 Å². The summed E-state index contributed by atoms with van der Waals surface area (Å²) in [6.45, 7) is 4.69. The van der Waals surface area contributed by atoms with Crippen molar-refractivity contribution >= 4 is 17.6 Å². The average molecular weight is 329 g/mol. The molecule has 1 fully saturated rings. The summed E-state index contributed by atoms with van der Waals surface area (Å²) in [5, 5.41) is 2.58. The fourth-order valence-corrected chi connectivity index (χ4v) is 2.59. The summed E-state index contributed by atoms with van der Waals surface area (Å²) >= 11 is 0. The van der Waals surface area contributed by atoms with Gasteiger partial charge in [0.25, 0.3) is 5.91 Å². The van der Waals surface area contributed by atoms with E-state index in [1.165, 1.54) is 13.1 Å². The first-order chi connectivity index (χ1) is 11.5. The molecule has 2 N–H and O–H groups in total. The van der Waals surface area contributed by atoms with Crippen molar-refractivity contribution in [1.82, 2.24) is 19.9 Å². The number of anilines is 1. The van der Waals surface area contributed by atoms with Gasteiger partial charge in [-0.15, -0.1) is 0 Å². The largest absolute Gasteiger partial charge is 0.367 e. The highest BCUT2D eigenvalue weighted by molar-refractivity contribution is 5.96. The summed E-state index contributed by atoms with van der Waals surface area (Å²) in [6, 6.07) is 3.21. The number of hydrogen-bond donors (Lipinski definition) is 2. The molecule has 126 valence electrons. The molecule has 0 saturated carbocycles. The maximum Gasteiger partial charge on any atom is 0.254 e. The lowest BCUT2D eigenvalue weighted by atomic mass is 10.2. The summed E-state index contributed by atoms with van der Waals surface area (Å²) in [5.41, 5.74) is 1.43. The molecule has 8 heteroatoms. The predicted molar refractivity (Wildman–Crippen MR) is 86.5 cm³/mol.